The molecule has 0 saturated heterocycles. The maximum atomic E-state index is 12.9. The summed E-state index contributed by atoms with van der Waals surface area (Å²) in [5, 5.41) is 0. The van der Waals surface area contributed by atoms with Gasteiger partial charge in [-0.15, -0.1) is 0 Å². The second kappa shape index (κ2) is 6.45. The Kier molecular flexibility index (Phi) is 6.00. The average Bonchev–Trinajstić information content (AvgIpc) is 2.32. The SMILES string of the molecule is CC.CCCc1c(F)c(F)c(F)c(F)c1F. The zero-order valence-electron chi connectivity index (χ0n) is 9.30. The first-order chi connectivity index (χ1) is 7.50. The summed E-state index contributed by atoms with van der Waals surface area (Å²) in [6.07, 6.45) is 0.129. The van der Waals surface area contributed by atoms with Crippen LogP contribution in [-0.2, 0) is 6.42 Å². The number of benzene rings is 1. The molecule has 0 bridgehead atoms. The summed E-state index contributed by atoms with van der Waals surface area (Å²) in [6, 6.07) is 0. The summed E-state index contributed by atoms with van der Waals surface area (Å²) in [5.41, 5.74) is -0.746. The van der Waals surface area contributed by atoms with E-state index in [4.69, 9.17) is 0 Å². The van der Waals surface area contributed by atoms with E-state index in [2.05, 4.69) is 0 Å². The lowest BCUT2D eigenvalue weighted by atomic mass is 10.1. The Morgan fingerprint density at radius 2 is 1.00 bits per heavy atom. The molecule has 0 aliphatic heterocycles. The van der Waals surface area contributed by atoms with Crippen molar-refractivity contribution in [1.29, 1.82) is 0 Å². The molecule has 0 radical (unpaired) electrons. The topological polar surface area (TPSA) is 0 Å². The molecular formula is C11H13F5. The van der Waals surface area contributed by atoms with E-state index in [1.54, 1.807) is 6.92 Å². The second-order valence-corrected chi connectivity index (χ2v) is 2.80. The minimum absolute atomic E-state index is 0.175. The zero-order chi connectivity index (χ0) is 12.9. The van der Waals surface area contributed by atoms with Crippen molar-refractivity contribution in [2.75, 3.05) is 0 Å². The van der Waals surface area contributed by atoms with E-state index in [9.17, 15) is 22.0 Å². The normalized spacial score (nSPS) is 9.75. The van der Waals surface area contributed by atoms with Crippen LogP contribution in [0.25, 0.3) is 0 Å². The molecule has 0 amide bonds. The molecule has 1 aromatic carbocycles. The van der Waals surface area contributed by atoms with Gasteiger partial charge in [0, 0.05) is 5.56 Å². The molecule has 0 aromatic heterocycles. The molecule has 1 rings (SSSR count). The highest BCUT2D eigenvalue weighted by Crippen LogP contribution is 2.23. The molecule has 0 aliphatic rings. The largest absolute Gasteiger partial charge is 0.203 e. The van der Waals surface area contributed by atoms with Crippen molar-refractivity contribution in [3.8, 4) is 0 Å². The van der Waals surface area contributed by atoms with Crippen LogP contribution in [0.5, 0.6) is 0 Å². The average molecular weight is 240 g/mol. The van der Waals surface area contributed by atoms with E-state index in [0.29, 0.717) is 6.42 Å². The Morgan fingerprint density at radius 1 is 0.688 bits per heavy atom. The third kappa shape index (κ3) is 2.71. The van der Waals surface area contributed by atoms with E-state index in [-0.39, 0.29) is 6.42 Å². The Hall–Kier alpha value is -1.13. The van der Waals surface area contributed by atoms with E-state index < -0.39 is 34.6 Å². The summed E-state index contributed by atoms with van der Waals surface area (Å²) < 4.78 is 63.4. The van der Waals surface area contributed by atoms with Crippen molar-refractivity contribution < 1.29 is 22.0 Å². The molecule has 5 heteroatoms. The lowest BCUT2D eigenvalue weighted by Gasteiger charge is -2.06. The van der Waals surface area contributed by atoms with Gasteiger partial charge in [-0.1, -0.05) is 27.2 Å². The maximum absolute atomic E-state index is 12.9. The van der Waals surface area contributed by atoms with Crippen LogP contribution in [0.2, 0.25) is 0 Å². The van der Waals surface area contributed by atoms with E-state index in [0.717, 1.165) is 0 Å². The van der Waals surface area contributed by atoms with Crippen molar-refractivity contribution in [2.45, 2.75) is 33.6 Å². The van der Waals surface area contributed by atoms with Gasteiger partial charge in [0.1, 0.15) is 0 Å². The van der Waals surface area contributed by atoms with Gasteiger partial charge in [-0.3, -0.25) is 0 Å². The number of halogens is 5. The van der Waals surface area contributed by atoms with E-state index in [1.807, 2.05) is 13.8 Å². The molecule has 0 fully saturated rings. The third-order valence-electron chi connectivity index (χ3n) is 1.80. The summed E-state index contributed by atoms with van der Waals surface area (Å²) >= 11 is 0. The van der Waals surface area contributed by atoms with Crippen molar-refractivity contribution in [3.05, 3.63) is 34.6 Å². The quantitative estimate of drug-likeness (QED) is 0.409. The molecule has 16 heavy (non-hydrogen) atoms. The second-order valence-electron chi connectivity index (χ2n) is 2.80. The fraction of sp³-hybridized carbons (Fsp3) is 0.455. The summed E-state index contributed by atoms with van der Waals surface area (Å²) in [7, 11) is 0. The van der Waals surface area contributed by atoms with Gasteiger partial charge in [0.25, 0.3) is 0 Å². The van der Waals surface area contributed by atoms with Gasteiger partial charge >= 0.3 is 0 Å². The highest BCUT2D eigenvalue weighted by atomic mass is 19.2. The van der Waals surface area contributed by atoms with Crippen molar-refractivity contribution in [3.63, 3.8) is 0 Å². The van der Waals surface area contributed by atoms with Crippen LogP contribution in [0.3, 0.4) is 0 Å². The first-order valence-electron chi connectivity index (χ1n) is 5.01. The van der Waals surface area contributed by atoms with Crippen LogP contribution in [0.1, 0.15) is 32.8 Å². The molecule has 0 atom stereocenters. The molecule has 0 spiro atoms. The van der Waals surface area contributed by atoms with Crippen LogP contribution >= 0.6 is 0 Å². The van der Waals surface area contributed by atoms with Crippen LogP contribution in [0.15, 0.2) is 0 Å². The van der Waals surface area contributed by atoms with Crippen LogP contribution < -0.4 is 0 Å². The molecule has 0 unspecified atom stereocenters. The predicted octanol–water partition coefficient (Wildman–Crippen LogP) is 4.36. The molecule has 0 nitrogen and oxygen atoms in total. The number of rotatable bonds is 2. The first-order valence-corrected chi connectivity index (χ1v) is 5.01. The van der Waals surface area contributed by atoms with Gasteiger partial charge in [0.15, 0.2) is 23.3 Å². The van der Waals surface area contributed by atoms with Gasteiger partial charge in [0.2, 0.25) is 5.82 Å². The fourth-order valence-electron chi connectivity index (χ4n) is 1.12. The molecule has 0 N–H and O–H groups in total. The Morgan fingerprint density at radius 3 is 1.31 bits per heavy atom. The first kappa shape index (κ1) is 14.9. The summed E-state index contributed by atoms with van der Waals surface area (Å²) in [5.74, 6) is -9.34. The van der Waals surface area contributed by atoms with Crippen molar-refractivity contribution in [2.24, 2.45) is 0 Å². The maximum Gasteiger partial charge on any atom is 0.200 e. The minimum atomic E-state index is -2.11. The number of hydrogen-bond donors (Lipinski definition) is 0. The van der Waals surface area contributed by atoms with Gasteiger partial charge < -0.3 is 0 Å². The lowest BCUT2D eigenvalue weighted by molar-refractivity contribution is 0.369. The monoisotopic (exact) mass is 240 g/mol. The van der Waals surface area contributed by atoms with Crippen LogP contribution in [0.4, 0.5) is 22.0 Å². The predicted molar refractivity (Wildman–Crippen MR) is 51.6 cm³/mol. The van der Waals surface area contributed by atoms with Gasteiger partial charge in [0.05, 0.1) is 0 Å². The molecule has 0 aliphatic carbocycles. The van der Waals surface area contributed by atoms with E-state index in [1.165, 1.54) is 0 Å². The molecule has 0 heterocycles. The Labute approximate surface area is 91.1 Å². The highest BCUT2D eigenvalue weighted by Gasteiger charge is 2.24. The van der Waals surface area contributed by atoms with Crippen LogP contribution in [0, 0.1) is 29.1 Å². The Balaban J connectivity index is 0.00000106. The van der Waals surface area contributed by atoms with E-state index >= 15 is 0 Å². The van der Waals surface area contributed by atoms with Gasteiger partial charge in [-0.25, -0.2) is 22.0 Å². The molecule has 92 valence electrons. The molecule has 0 saturated carbocycles. The highest BCUT2D eigenvalue weighted by molar-refractivity contribution is 5.24. The third-order valence-corrected chi connectivity index (χ3v) is 1.80. The fourth-order valence-corrected chi connectivity index (χ4v) is 1.12. The standard InChI is InChI=1S/C9H7F5.C2H6/c1-2-3-4-5(10)7(12)9(14)8(13)6(4)11;1-2/h2-3H2,1H3;1-2H3. The van der Waals surface area contributed by atoms with Crippen molar-refractivity contribution in [1.82, 2.24) is 0 Å². The minimum Gasteiger partial charge on any atom is -0.203 e. The van der Waals surface area contributed by atoms with Gasteiger partial charge in [-0.2, -0.15) is 0 Å². The smallest absolute Gasteiger partial charge is 0.200 e. The number of hydrogen-bond acceptors (Lipinski definition) is 0. The molecular weight excluding hydrogens is 227 g/mol. The Bertz CT molecular complexity index is 331. The lowest BCUT2D eigenvalue weighted by Crippen LogP contribution is -2.06. The zero-order valence-corrected chi connectivity index (χ0v) is 9.30. The molecule has 1 aromatic rings. The van der Waals surface area contributed by atoms with Crippen molar-refractivity contribution >= 4 is 0 Å². The summed E-state index contributed by atoms with van der Waals surface area (Å²) in [4.78, 5) is 0. The van der Waals surface area contributed by atoms with Crippen LogP contribution in [-0.4, -0.2) is 0 Å². The van der Waals surface area contributed by atoms with Gasteiger partial charge in [-0.05, 0) is 6.42 Å². The summed E-state index contributed by atoms with van der Waals surface area (Å²) in [6.45, 7) is 5.58.